The van der Waals surface area contributed by atoms with Gasteiger partial charge in [0.2, 0.25) is 0 Å². The van der Waals surface area contributed by atoms with Crippen molar-refractivity contribution >= 4 is 34.1 Å². The van der Waals surface area contributed by atoms with Gasteiger partial charge >= 0.3 is 5.97 Å². The number of carboxylic acid groups (broad SMARTS) is 1. The summed E-state index contributed by atoms with van der Waals surface area (Å²) in [6.07, 6.45) is 1.22. The van der Waals surface area contributed by atoms with Crippen LogP contribution in [0.3, 0.4) is 0 Å². The van der Waals surface area contributed by atoms with Crippen LogP contribution in [-0.2, 0) is 9.22 Å². The topological polar surface area (TPSA) is 37.3 Å². The van der Waals surface area contributed by atoms with Crippen LogP contribution in [0.1, 0.15) is 18.1 Å². The predicted octanol–water partition coefficient (Wildman–Crippen LogP) is 3.11. The molecule has 2 nitrogen and oxygen atoms in total. The summed E-state index contributed by atoms with van der Waals surface area (Å²) in [5, 5.41) is 8.57. The van der Waals surface area contributed by atoms with Crippen molar-refractivity contribution in [3.05, 3.63) is 41.5 Å². The number of carboxylic acids is 1. The summed E-state index contributed by atoms with van der Waals surface area (Å²) >= 11 is 2.29. The number of halogens is 1. The van der Waals surface area contributed by atoms with Gasteiger partial charge in [-0.2, -0.15) is 0 Å². The van der Waals surface area contributed by atoms with E-state index in [9.17, 15) is 4.79 Å². The molecule has 0 aliphatic carbocycles. The molecule has 14 heavy (non-hydrogen) atoms. The summed E-state index contributed by atoms with van der Waals surface area (Å²) in [5.74, 6) is -0.902. The Hall–Kier alpha value is -0.840. The van der Waals surface area contributed by atoms with Gasteiger partial charge in [-0.05, 0) is 23.6 Å². The van der Waals surface area contributed by atoms with E-state index in [1.807, 2.05) is 24.3 Å². The Morgan fingerprint density at radius 1 is 1.43 bits per heavy atom. The van der Waals surface area contributed by atoms with Gasteiger partial charge < -0.3 is 5.11 Å². The molecular formula is C11H11IO2. The molecule has 0 aromatic heterocycles. The maximum atomic E-state index is 10.4. The Kier molecular flexibility index (Phi) is 4.13. The van der Waals surface area contributed by atoms with Gasteiger partial charge in [-0.3, -0.25) is 0 Å². The van der Waals surface area contributed by atoms with Gasteiger partial charge in [-0.25, -0.2) is 4.79 Å². The molecule has 0 radical (unpaired) electrons. The summed E-state index contributed by atoms with van der Waals surface area (Å²) in [4.78, 5) is 10.4. The number of carbonyl (C=O) groups is 1. The first-order chi connectivity index (χ1) is 6.63. The summed E-state index contributed by atoms with van der Waals surface area (Å²) in [6, 6.07) is 7.92. The Labute approximate surface area is 96.8 Å². The van der Waals surface area contributed by atoms with E-state index >= 15 is 0 Å². The first-order valence-corrected chi connectivity index (χ1v) is 5.72. The average molecular weight is 302 g/mol. The Morgan fingerprint density at radius 2 is 2.00 bits per heavy atom. The summed E-state index contributed by atoms with van der Waals surface area (Å²) < 4.78 is 0.972. The van der Waals surface area contributed by atoms with E-state index in [1.165, 1.54) is 11.6 Å². The molecule has 1 rings (SSSR count). The molecule has 0 heterocycles. The number of rotatable bonds is 3. The van der Waals surface area contributed by atoms with Gasteiger partial charge in [-0.15, -0.1) is 0 Å². The van der Waals surface area contributed by atoms with Crippen molar-refractivity contribution < 1.29 is 9.90 Å². The molecule has 0 saturated carbocycles. The van der Waals surface area contributed by atoms with Gasteiger partial charge in [0.1, 0.15) is 0 Å². The second-order valence-corrected chi connectivity index (χ2v) is 3.76. The lowest BCUT2D eigenvalue weighted by atomic mass is 10.1. The summed E-state index contributed by atoms with van der Waals surface area (Å²) in [7, 11) is 0. The Balaban J connectivity index is 2.92. The monoisotopic (exact) mass is 302 g/mol. The zero-order chi connectivity index (χ0) is 10.6. The Bertz CT molecular complexity index is 352. The average Bonchev–Trinajstić information content (AvgIpc) is 2.17. The predicted molar refractivity (Wildman–Crippen MR) is 65.5 cm³/mol. The highest BCUT2D eigenvalue weighted by atomic mass is 127. The lowest BCUT2D eigenvalue weighted by Crippen LogP contribution is -1.90. The third-order valence-corrected chi connectivity index (χ3v) is 2.78. The highest BCUT2D eigenvalue weighted by molar-refractivity contribution is 14.1. The number of aliphatic carboxylic acids is 1. The van der Waals surface area contributed by atoms with E-state index in [-0.39, 0.29) is 0 Å². The SMILES string of the molecule is CC(=CC(=O)O)c1ccc(CI)cc1. The van der Waals surface area contributed by atoms with Crippen molar-refractivity contribution in [2.45, 2.75) is 11.4 Å². The first-order valence-electron chi connectivity index (χ1n) is 4.20. The van der Waals surface area contributed by atoms with Crippen molar-refractivity contribution in [2.75, 3.05) is 0 Å². The van der Waals surface area contributed by atoms with Crippen LogP contribution in [0.4, 0.5) is 0 Å². The van der Waals surface area contributed by atoms with Crippen molar-refractivity contribution in [3.63, 3.8) is 0 Å². The standard InChI is InChI=1S/C11H11IO2/c1-8(6-11(13)14)10-4-2-9(7-12)3-5-10/h2-6H,7H2,1H3,(H,13,14). The molecule has 0 atom stereocenters. The maximum Gasteiger partial charge on any atom is 0.328 e. The zero-order valence-electron chi connectivity index (χ0n) is 7.83. The van der Waals surface area contributed by atoms with Crippen LogP contribution in [0.2, 0.25) is 0 Å². The first kappa shape index (κ1) is 11.2. The number of alkyl halides is 1. The molecule has 0 bridgehead atoms. The maximum absolute atomic E-state index is 10.4. The summed E-state index contributed by atoms with van der Waals surface area (Å²) in [5.41, 5.74) is 2.98. The van der Waals surface area contributed by atoms with E-state index in [1.54, 1.807) is 6.92 Å². The minimum Gasteiger partial charge on any atom is -0.478 e. The van der Waals surface area contributed by atoms with Crippen LogP contribution in [0, 0.1) is 0 Å². The molecule has 0 unspecified atom stereocenters. The fourth-order valence-corrected chi connectivity index (χ4v) is 1.63. The van der Waals surface area contributed by atoms with Crippen molar-refractivity contribution in [1.29, 1.82) is 0 Å². The Morgan fingerprint density at radius 3 is 2.43 bits per heavy atom. The minimum atomic E-state index is -0.902. The van der Waals surface area contributed by atoms with Gasteiger partial charge in [0.15, 0.2) is 0 Å². The number of hydrogen-bond donors (Lipinski definition) is 1. The van der Waals surface area contributed by atoms with Gasteiger partial charge in [0.05, 0.1) is 0 Å². The fraction of sp³-hybridized carbons (Fsp3) is 0.182. The zero-order valence-corrected chi connectivity index (χ0v) is 9.98. The van der Waals surface area contributed by atoms with E-state index in [0.717, 1.165) is 15.6 Å². The molecule has 0 spiro atoms. The molecule has 1 aromatic carbocycles. The molecule has 3 heteroatoms. The van der Waals surface area contributed by atoms with E-state index in [4.69, 9.17) is 5.11 Å². The highest BCUT2D eigenvalue weighted by Crippen LogP contribution is 2.15. The van der Waals surface area contributed by atoms with Crippen molar-refractivity contribution in [2.24, 2.45) is 0 Å². The van der Waals surface area contributed by atoms with Crippen molar-refractivity contribution in [1.82, 2.24) is 0 Å². The second kappa shape index (κ2) is 5.14. The molecular weight excluding hydrogens is 291 g/mol. The number of benzene rings is 1. The fourth-order valence-electron chi connectivity index (χ4n) is 1.13. The van der Waals surface area contributed by atoms with Crippen LogP contribution >= 0.6 is 22.6 Å². The largest absolute Gasteiger partial charge is 0.478 e. The molecule has 0 amide bonds. The van der Waals surface area contributed by atoms with Crippen LogP contribution < -0.4 is 0 Å². The lowest BCUT2D eigenvalue weighted by Gasteiger charge is -2.01. The molecule has 0 aliphatic heterocycles. The molecule has 1 N–H and O–H groups in total. The molecule has 0 saturated heterocycles. The normalized spacial score (nSPS) is 11.4. The van der Waals surface area contributed by atoms with Gasteiger partial charge in [0, 0.05) is 10.5 Å². The van der Waals surface area contributed by atoms with E-state index in [2.05, 4.69) is 22.6 Å². The molecule has 0 aliphatic rings. The van der Waals surface area contributed by atoms with Gasteiger partial charge in [-0.1, -0.05) is 46.9 Å². The van der Waals surface area contributed by atoms with Gasteiger partial charge in [0.25, 0.3) is 0 Å². The summed E-state index contributed by atoms with van der Waals surface area (Å²) in [6.45, 7) is 1.80. The molecule has 74 valence electrons. The minimum absolute atomic E-state index is 0.775. The van der Waals surface area contributed by atoms with E-state index in [0.29, 0.717) is 0 Å². The molecule has 0 fully saturated rings. The van der Waals surface area contributed by atoms with Crippen LogP contribution in [0.15, 0.2) is 30.3 Å². The second-order valence-electron chi connectivity index (χ2n) is 3.00. The molecule has 1 aromatic rings. The number of hydrogen-bond acceptors (Lipinski definition) is 1. The third-order valence-electron chi connectivity index (χ3n) is 1.90. The van der Waals surface area contributed by atoms with Crippen molar-refractivity contribution in [3.8, 4) is 0 Å². The smallest absolute Gasteiger partial charge is 0.328 e. The highest BCUT2D eigenvalue weighted by Gasteiger charge is 1.98. The number of allylic oxidation sites excluding steroid dienone is 1. The lowest BCUT2D eigenvalue weighted by molar-refractivity contribution is -0.131. The quantitative estimate of drug-likeness (QED) is 0.529. The van der Waals surface area contributed by atoms with Crippen LogP contribution in [0.25, 0.3) is 5.57 Å². The van der Waals surface area contributed by atoms with Crippen LogP contribution in [-0.4, -0.2) is 11.1 Å². The van der Waals surface area contributed by atoms with Crippen LogP contribution in [0.5, 0.6) is 0 Å². The van der Waals surface area contributed by atoms with E-state index < -0.39 is 5.97 Å². The third kappa shape index (κ3) is 3.14.